The van der Waals surface area contributed by atoms with E-state index in [0.29, 0.717) is 24.9 Å². The van der Waals surface area contributed by atoms with Crippen molar-refractivity contribution in [3.63, 3.8) is 0 Å². The average molecular weight is 339 g/mol. The van der Waals surface area contributed by atoms with E-state index in [1.54, 1.807) is 7.11 Å². The Labute approximate surface area is 148 Å². The third-order valence-electron chi connectivity index (χ3n) is 4.86. The number of anilines is 1. The van der Waals surface area contributed by atoms with Gasteiger partial charge in [0.2, 0.25) is 5.91 Å². The second kappa shape index (κ2) is 8.03. The molecule has 0 bridgehead atoms. The molecular weight excluding hydrogens is 314 g/mol. The van der Waals surface area contributed by atoms with E-state index in [4.69, 9.17) is 10.5 Å². The molecule has 25 heavy (non-hydrogen) atoms. The zero-order chi connectivity index (χ0) is 17.6. The Kier molecular flexibility index (Phi) is 5.56. The predicted molar refractivity (Wildman–Crippen MR) is 99.8 cm³/mol. The summed E-state index contributed by atoms with van der Waals surface area (Å²) in [6.07, 6.45) is 0. The summed E-state index contributed by atoms with van der Waals surface area (Å²) < 4.78 is 5.31. The van der Waals surface area contributed by atoms with Crippen LogP contribution in [0.2, 0.25) is 0 Å². The summed E-state index contributed by atoms with van der Waals surface area (Å²) in [5.74, 6) is 1.43. The fourth-order valence-corrected chi connectivity index (χ4v) is 3.46. The molecule has 0 aromatic heterocycles. The maximum Gasteiger partial charge on any atom is 0.241 e. The van der Waals surface area contributed by atoms with E-state index in [-0.39, 0.29) is 12.5 Å². The molecule has 1 aliphatic heterocycles. The summed E-state index contributed by atoms with van der Waals surface area (Å²) in [7, 11) is 1.62. The van der Waals surface area contributed by atoms with E-state index in [1.165, 1.54) is 5.56 Å². The van der Waals surface area contributed by atoms with Gasteiger partial charge < -0.3 is 20.7 Å². The number of methoxy groups -OCH3 is 1. The molecule has 0 unspecified atom stereocenters. The Balaban J connectivity index is 1.63. The maximum absolute atomic E-state index is 12.6. The number of benzene rings is 2. The lowest BCUT2D eigenvalue weighted by Crippen LogP contribution is -2.34. The molecule has 5 heteroatoms. The Morgan fingerprint density at radius 3 is 2.60 bits per heavy atom. The molecule has 132 valence electrons. The molecule has 1 aliphatic rings. The third kappa shape index (κ3) is 3.94. The van der Waals surface area contributed by atoms with E-state index in [9.17, 15) is 4.79 Å². The normalized spacial score (nSPS) is 19.7. The molecule has 3 N–H and O–H groups in total. The number of likely N-dealkylation sites (tertiary alicyclic amines) is 1. The zero-order valence-corrected chi connectivity index (χ0v) is 14.5. The quantitative estimate of drug-likeness (QED) is 0.847. The van der Waals surface area contributed by atoms with Crippen molar-refractivity contribution >= 4 is 11.6 Å². The number of rotatable bonds is 6. The molecule has 3 rings (SSSR count). The minimum Gasteiger partial charge on any atom is -0.495 e. The highest BCUT2D eigenvalue weighted by Crippen LogP contribution is 2.32. The van der Waals surface area contributed by atoms with Gasteiger partial charge in [-0.1, -0.05) is 42.5 Å². The van der Waals surface area contributed by atoms with Crippen LogP contribution in [0.4, 0.5) is 5.69 Å². The van der Waals surface area contributed by atoms with E-state index >= 15 is 0 Å². The smallest absolute Gasteiger partial charge is 0.241 e. The van der Waals surface area contributed by atoms with E-state index < -0.39 is 0 Å². The number of nitrogens with zero attached hydrogens (tertiary/aromatic N) is 1. The minimum atomic E-state index is 0.0859. The highest BCUT2D eigenvalue weighted by Gasteiger charge is 2.34. The molecule has 2 aromatic rings. The number of hydrogen-bond acceptors (Lipinski definition) is 4. The van der Waals surface area contributed by atoms with Crippen molar-refractivity contribution in [3.8, 4) is 5.75 Å². The zero-order valence-electron chi connectivity index (χ0n) is 14.5. The van der Waals surface area contributed by atoms with Crippen LogP contribution < -0.4 is 15.8 Å². The lowest BCUT2D eigenvalue weighted by molar-refractivity contribution is -0.128. The molecule has 1 heterocycles. The second-order valence-corrected chi connectivity index (χ2v) is 6.37. The first-order valence-electron chi connectivity index (χ1n) is 8.62. The Hall–Kier alpha value is -2.53. The van der Waals surface area contributed by atoms with Gasteiger partial charge in [-0.3, -0.25) is 4.79 Å². The SMILES string of the molecule is COc1ccccc1NCC(=O)N1C[C@@H](CN)[C@H](c2ccccc2)C1. The predicted octanol–water partition coefficient (Wildman–Crippen LogP) is 2.31. The van der Waals surface area contributed by atoms with Gasteiger partial charge in [-0.15, -0.1) is 0 Å². The fraction of sp³-hybridized carbons (Fsp3) is 0.350. The van der Waals surface area contributed by atoms with Crippen LogP contribution in [0, 0.1) is 5.92 Å². The number of carbonyl (C=O) groups excluding carboxylic acids is 1. The Bertz CT molecular complexity index is 705. The van der Waals surface area contributed by atoms with Gasteiger partial charge in [-0.2, -0.15) is 0 Å². The minimum absolute atomic E-state index is 0.0859. The Morgan fingerprint density at radius 1 is 1.16 bits per heavy atom. The van der Waals surface area contributed by atoms with Gasteiger partial charge in [0.15, 0.2) is 0 Å². The summed E-state index contributed by atoms with van der Waals surface area (Å²) in [5.41, 5.74) is 8.04. The first-order valence-corrected chi connectivity index (χ1v) is 8.62. The number of nitrogens with two attached hydrogens (primary N) is 1. The van der Waals surface area contributed by atoms with Crippen molar-refractivity contribution in [1.29, 1.82) is 0 Å². The van der Waals surface area contributed by atoms with Crippen LogP contribution in [0.25, 0.3) is 0 Å². The molecule has 1 saturated heterocycles. The van der Waals surface area contributed by atoms with Gasteiger partial charge in [-0.05, 0) is 30.2 Å². The van der Waals surface area contributed by atoms with Crippen molar-refractivity contribution in [2.75, 3.05) is 38.6 Å². The topological polar surface area (TPSA) is 67.6 Å². The number of ether oxygens (including phenoxy) is 1. The lowest BCUT2D eigenvalue weighted by atomic mass is 9.89. The number of carbonyl (C=O) groups is 1. The van der Waals surface area contributed by atoms with Crippen molar-refractivity contribution in [3.05, 3.63) is 60.2 Å². The van der Waals surface area contributed by atoms with Crippen molar-refractivity contribution in [2.45, 2.75) is 5.92 Å². The third-order valence-corrected chi connectivity index (χ3v) is 4.86. The van der Waals surface area contributed by atoms with Crippen LogP contribution in [0.1, 0.15) is 11.5 Å². The first kappa shape index (κ1) is 17.3. The van der Waals surface area contributed by atoms with Crippen LogP contribution in [0.5, 0.6) is 5.75 Å². The maximum atomic E-state index is 12.6. The van der Waals surface area contributed by atoms with Gasteiger partial charge in [0.05, 0.1) is 19.3 Å². The summed E-state index contributed by atoms with van der Waals surface area (Å²) in [4.78, 5) is 14.6. The number of amides is 1. The standard InChI is InChI=1S/C20H25N3O2/c1-25-19-10-6-5-9-18(19)22-12-20(24)23-13-16(11-21)17(14-23)15-7-3-2-4-8-15/h2-10,16-17,22H,11-14,21H2,1H3/t16-,17+/m1/s1. The van der Waals surface area contributed by atoms with Gasteiger partial charge >= 0.3 is 0 Å². The van der Waals surface area contributed by atoms with Crippen LogP contribution in [-0.4, -0.2) is 44.1 Å². The number of nitrogens with one attached hydrogen (secondary N) is 1. The van der Waals surface area contributed by atoms with Crippen molar-refractivity contribution in [2.24, 2.45) is 11.7 Å². The van der Waals surface area contributed by atoms with E-state index in [2.05, 4.69) is 17.4 Å². The molecule has 0 aliphatic carbocycles. The van der Waals surface area contributed by atoms with E-state index in [0.717, 1.165) is 18.0 Å². The Morgan fingerprint density at radius 2 is 1.88 bits per heavy atom. The van der Waals surface area contributed by atoms with Crippen LogP contribution in [0.15, 0.2) is 54.6 Å². The molecule has 0 radical (unpaired) electrons. The number of para-hydroxylation sites is 2. The van der Waals surface area contributed by atoms with Gasteiger partial charge in [-0.25, -0.2) is 0 Å². The fourth-order valence-electron chi connectivity index (χ4n) is 3.46. The monoisotopic (exact) mass is 339 g/mol. The molecule has 1 amide bonds. The van der Waals surface area contributed by atoms with E-state index in [1.807, 2.05) is 47.4 Å². The summed E-state index contributed by atoms with van der Waals surface area (Å²) in [5, 5.41) is 3.18. The average Bonchev–Trinajstić information content (AvgIpc) is 3.11. The summed E-state index contributed by atoms with van der Waals surface area (Å²) in [6.45, 7) is 2.27. The van der Waals surface area contributed by atoms with Crippen LogP contribution >= 0.6 is 0 Å². The molecule has 1 fully saturated rings. The van der Waals surface area contributed by atoms with Crippen LogP contribution in [0.3, 0.4) is 0 Å². The molecule has 0 saturated carbocycles. The molecule has 0 spiro atoms. The summed E-state index contributed by atoms with van der Waals surface area (Å²) >= 11 is 0. The highest BCUT2D eigenvalue weighted by atomic mass is 16.5. The van der Waals surface area contributed by atoms with Gasteiger partial charge in [0.1, 0.15) is 5.75 Å². The first-order chi connectivity index (χ1) is 12.2. The molecule has 5 nitrogen and oxygen atoms in total. The lowest BCUT2D eigenvalue weighted by Gasteiger charge is -2.18. The summed E-state index contributed by atoms with van der Waals surface area (Å²) in [6, 6.07) is 17.9. The second-order valence-electron chi connectivity index (χ2n) is 6.37. The van der Waals surface area contributed by atoms with Crippen LogP contribution in [-0.2, 0) is 4.79 Å². The number of hydrogen-bond donors (Lipinski definition) is 2. The van der Waals surface area contributed by atoms with Crippen molar-refractivity contribution in [1.82, 2.24) is 4.90 Å². The van der Waals surface area contributed by atoms with Gasteiger partial charge in [0.25, 0.3) is 0 Å². The van der Waals surface area contributed by atoms with Gasteiger partial charge in [0, 0.05) is 19.0 Å². The molecule has 2 atom stereocenters. The highest BCUT2D eigenvalue weighted by molar-refractivity contribution is 5.82. The largest absolute Gasteiger partial charge is 0.495 e. The molecular formula is C20H25N3O2. The molecule has 2 aromatic carbocycles. The van der Waals surface area contributed by atoms with Crippen molar-refractivity contribution < 1.29 is 9.53 Å².